The first-order valence-corrected chi connectivity index (χ1v) is 12.5. The number of methoxy groups -OCH3 is 1. The zero-order valence-corrected chi connectivity index (χ0v) is 20.5. The van der Waals surface area contributed by atoms with Crippen LogP contribution in [0.1, 0.15) is 49.8 Å². The number of unbranched alkanes of at least 4 members (excludes halogenated alkanes) is 1. The fourth-order valence-corrected chi connectivity index (χ4v) is 4.25. The van der Waals surface area contributed by atoms with E-state index in [1.165, 1.54) is 5.56 Å². The quantitative estimate of drug-likeness (QED) is 0.433. The monoisotopic (exact) mass is 456 g/mol. The van der Waals surface area contributed by atoms with Crippen LogP contribution >= 0.6 is 11.8 Å². The average Bonchev–Trinajstić information content (AvgIpc) is 2.80. The van der Waals surface area contributed by atoms with Crippen LogP contribution < -0.4 is 10.1 Å². The summed E-state index contributed by atoms with van der Waals surface area (Å²) in [5.74, 6) is 1.80. The molecule has 0 spiro atoms. The van der Waals surface area contributed by atoms with Crippen LogP contribution in [-0.4, -0.2) is 42.2 Å². The number of hydrogen-bond donors (Lipinski definition) is 1. The molecule has 0 aliphatic rings. The molecule has 6 heteroatoms. The van der Waals surface area contributed by atoms with Gasteiger partial charge in [-0.2, -0.15) is 0 Å². The van der Waals surface area contributed by atoms with Crippen LogP contribution in [0.15, 0.2) is 48.5 Å². The summed E-state index contributed by atoms with van der Waals surface area (Å²) in [5, 5.41) is 3.01. The molecule has 0 bridgehead atoms. The number of ether oxygens (including phenoxy) is 1. The maximum Gasteiger partial charge on any atom is 0.242 e. The van der Waals surface area contributed by atoms with E-state index in [4.69, 9.17) is 4.74 Å². The highest BCUT2D eigenvalue weighted by molar-refractivity contribution is 7.99. The van der Waals surface area contributed by atoms with E-state index in [1.807, 2.05) is 62.4 Å². The second-order valence-corrected chi connectivity index (χ2v) is 8.90. The Labute approximate surface area is 196 Å². The maximum absolute atomic E-state index is 13.2. The van der Waals surface area contributed by atoms with Gasteiger partial charge in [0.25, 0.3) is 0 Å². The van der Waals surface area contributed by atoms with Crippen LogP contribution in [0, 0.1) is 6.92 Å². The van der Waals surface area contributed by atoms with Gasteiger partial charge in [-0.1, -0.05) is 62.2 Å². The van der Waals surface area contributed by atoms with E-state index in [-0.39, 0.29) is 11.8 Å². The lowest BCUT2D eigenvalue weighted by Crippen LogP contribution is -2.49. The molecular weight excluding hydrogens is 420 g/mol. The number of thioether (sulfide) groups is 1. The number of nitrogens with one attached hydrogen (secondary N) is 1. The smallest absolute Gasteiger partial charge is 0.242 e. The van der Waals surface area contributed by atoms with Crippen molar-refractivity contribution >= 4 is 23.6 Å². The molecule has 0 unspecified atom stereocenters. The first kappa shape index (κ1) is 25.8. The highest BCUT2D eigenvalue weighted by Gasteiger charge is 2.28. The fraction of sp³-hybridized carbons (Fsp3) is 0.462. The molecule has 174 valence electrons. The highest BCUT2D eigenvalue weighted by atomic mass is 32.2. The zero-order valence-electron chi connectivity index (χ0n) is 19.7. The lowest BCUT2D eigenvalue weighted by molar-refractivity contribution is -0.139. The van der Waals surface area contributed by atoms with Crippen LogP contribution in [0.5, 0.6) is 5.75 Å². The van der Waals surface area contributed by atoms with Crippen molar-refractivity contribution in [2.45, 2.75) is 58.4 Å². The minimum absolute atomic E-state index is 0.0124. The summed E-state index contributed by atoms with van der Waals surface area (Å²) < 4.78 is 5.20. The largest absolute Gasteiger partial charge is 0.497 e. The van der Waals surface area contributed by atoms with E-state index in [9.17, 15) is 9.59 Å². The van der Waals surface area contributed by atoms with Crippen molar-refractivity contribution < 1.29 is 14.3 Å². The number of amides is 2. The summed E-state index contributed by atoms with van der Waals surface area (Å²) in [4.78, 5) is 27.9. The Balaban J connectivity index is 2.07. The molecule has 1 atom stereocenters. The van der Waals surface area contributed by atoms with Gasteiger partial charge in [-0.25, -0.2) is 0 Å². The summed E-state index contributed by atoms with van der Waals surface area (Å²) in [6.45, 7) is 7.17. The summed E-state index contributed by atoms with van der Waals surface area (Å²) in [7, 11) is 1.65. The van der Waals surface area contributed by atoms with E-state index in [2.05, 4.69) is 12.2 Å². The Morgan fingerprint density at radius 2 is 1.69 bits per heavy atom. The minimum Gasteiger partial charge on any atom is -0.497 e. The molecule has 0 saturated carbocycles. The SMILES string of the molecule is CCCCNC(=O)[C@@H](CC)N(Cc1ccc(C)cc1)C(=O)CSCc1ccc(OC)cc1. The van der Waals surface area contributed by atoms with Crippen molar-refractivity contribution in [1.82, 2.24) is 10.2 Å². The molecule has 0 aromatic heterocycles. The number of rotatable bonds is 13. The third-order valence-electron chi connectivity index (χ3n) is 5.34. The van der Waals surface area contributed by atoms with E-state index in [0.29, 0.717) is 25.3 Å². The maximum atomic E-state index is 13.2. The van der Waals surface area contributed by atoms with Gasteiger partial charge in [0, 0.05) is 18.8 Å². The van der Waals surface area contributed by atoms with Crippen LogP contribution in [0.2, 0.25) is 0 Å². The predicted octanol–water partition coefficient (Wildman–Crippen LogP) is 4.96. The molecule has 5 nitrogen and oxygen atoms in total. The second-order valence-electron chi connectivity index (χ2n) is 7.92. The van der Waals surface area contributed by atoms with Gasteiger partial charge in [-0.05, 0) is 43.0 Å². The van der Waals surface area contributed by atoms with Crippen LogP contribution in [0.4, 0.5) is 0 Å². The van der Waals surface area contributed by atoms with E-state index in [1.54, 1.807) is 23.8 Å². The van der Waals surface area contributed by atoms with Gasteiger partial charge in [0.1, 0.15) is 11.8 Å². The first-order chi connectivity index (χ1) is 15.5. The van der Waals surface area contributed by atoms with Crippen molar-refractivity contribution in [3.8, 4) is 5.75 Å². The Morgan fingerprint density at radius 1 is 1.03 bits per heavy atom. The second kappa shape index (κ2) is 13.8. The molecule has 32 heavy (non-hydrogen) atoms. The number of aryl methyl sites for hydroxylation is 1. The van der Waals surface area contributed by atoms with E-state index in [0.717, 1.165) is 35.5 Å². The Kier molecular flexibility index (Phi) is 11.2. The molecule has 2 rings (SSSR count). The molecule has 0 fully saturated rings. The number of nitrogens with zero attached hydrogens (tertiary/aromatic N) is 1. The van der Waals surface area contributed by atoms with Crippen molar-refractivity contribution in [3.05, 3.63) is 65.2 Å². The lowest BCUT2D eigenvalue weighted by Gasteiger charge is -2.30. The molecule has 2 aromatic rings. The number of benzene rings is 2. The van der Waals surface area contributed by atoms with E-state index < -0.39 is 6.04 Å². The van der Waals surface area contributed by atoms with Crippen molar-refractivity contribution in [2.75, 3.05) is 19.4 Å². The molecule has 1 N–H and O–H groups in total. The fourth-order valence-electron chi connectivity index (χ4n) is 3.38. The van der Waals surface area contributed by atoms with Crippen molar-refractivity contribution in [1.29, 1.82) is 0 Å². The van der Waals surface area contributed by atoms with Gasteiger partial charge in [0.15, 0.2) is 0 Å². The molecule has 0 aliphatic carbocycles. The zero-order chi connectivity index (χ0) is 23.3. The average molecular weight is 457 g/mol. The summed E-state index contributed by atoms with van der Waals surface area (Å²) in [6.07, 6.45) is 2.54. The van der Waals surface area contributed by atoms with Crippen molar-refractivity contribution in [2.24, 2.45) is 0 Å². The molecule has 2 amide bonds. The highest BCUT2D eigenvalue weighted by Crippen LogP contribution is 2.19. The summed E-state index contributed by atoms with van der Waals surface area (Å²) >= 11 is 1.57. The van der Waals surface area contributed by atoms with Gasteiger partial charge in [0.05, 0.1) is 12.9 Å². The van der Waals surface area contributed by atoms with Crippen LogP contribution in [-0.2, 0) is 21.9 Å². The number of hydrogen-bond acceptors (Lipinski definition) is 4. The van der Waals surface area contributed by atoms with Gasteiger partial charge in [-0.3, -0.25) is 9.59 Å². The van der Waals surface area contributed by atoms with Gasteiger partial charge in [-0.15, -0.1) is 11.8 Å². The third kappa shape index (κ3) is 8.23. The number of carbonyl (C=O) groups is 2. The van der Waals surface area contributed by atoms with Gasteiger partial charge >= 0.3 is 0 Å². The minimum atomic E-state index is -0.470. The van der Waals surface area contributed by atoms with E-state index >= 15 is 0 Å². The third-order valence-corrected chi connectivity index (χ3v) is 6.33. The van der Waals surface area contributed by atoms with Crippen molar-refractivity contribution in [3.63, 3.8) is 0 Å². The molecule has 2 aromatic carbocycles. The molecule has 0 aliphatic heterocycles. The van der Waals surface area contributed by atoms with Gasteiger partial charge < -0.3 is 15.0 Å². The molecule has 0 saturated heterocycles. The molecule has 0 heterocycles. The van der Waals surface area contributed by atoms with Crippen LogP contribution in [0.25, 0.3) is 0 Å². The lowest BCUT2D eigenvalue weighted by atomic mass is 10.1. The Morgan fingerprint density at radius 3 is 2.28 bits per heavy atom. The predicted molar refractivity (Wildman–Crippen MR) is 133 cm³/mol. The normalized spacial score (nSPS) is 11.6. The van der Waals surface area contributed by atoms with Gasteiger partial charge in [0.2, 0.25) is 11.8 Å². The number of carbonyl (C=O) groups excluding carboxylic acids is 2. The van der Waals surface area contributed by atoms with Crippen LogP contribution in [0.3, 0.4) is 0 Å². The first-order valence-electron chi connectivity index (χ1n) is 11.3. The molecule has 0 radical (unpaired) electrons. The summed E-state index contributed by atoms with van der Waals surface area (Å²) in [6, 6.07) is 15.5. The molecular formula is C26H36N2O3S. The topological polar surface area (TPSA) is 58.6 Å². The summed E-state index contributed by atoms with van der Waals surface area (Å²) in [5.41, 5.74) is 3.34. The Bertz CT molecular complexity index is 837. The standard InChI is InChI=1S/C26H36N2O3S/c1-5-7-16-27-26(30)24(6-2)28(17-21-10-8-20(3)9-11-21)25(29)19-32-18-22-12-14-23(31-4)15-13-22/h8-15,24H,5-7,16-19H2,1-4H3,(H,27,30)/t24-/m1/s1. The Hall–Kier alpha value is -2.47.